The molecule has 0 bridgehead atoms. The van der Waals surface area contributed by atoms with Crippen LogP contribution >= 0.6 is 32.2 Å². The first-order chi connectivity index (χ1) is 4.66. The van der Waals surface area contributed by atoms with E-state index in [4.69, 9.17) is 20.7 Å². The first-order valence-corrected chi connectivity index (χ1v) is 6.57. The van der Waals surface area contributed by atoms with Crippen molar-refractivity contribution in [2.24, 2.45) is 7.05 Å². The Balaban J connectivity index is 3.34. The highest BCUT2D eigenvalue weighted by atomic mass is 35.5. The van der Waals surface area contributed by atoms with Gasteiger partial charge in [0.15, 0.2) is 0 Å². The second-order valence-electron chi connectivity index (χ2n) is 1.78. The van der Waals surface area contributed by atoms with Crippen molar-refractivity contribution in [3.8, 4) is 0 Å². The van der Waals surface area contributed by atoms with Crippen molar-refractivity contribution in [2.45, 2.75) is 0 Å². The van der Waals surface area contributed by atoms with E-state index < -0.39 is 19.3 Å². The van der Waals surface area contributed by atoms with Crippen LogP contribution in [-0.4, -0.2) is 23.2 Å². The molecule has 0 radical (unpaired) electrons. The third-order valence-electron chi connectivity index (χ3n) is 1.13. The summed E-state index contributed by atoms with van der Waals surface area (Å²) in [6.07, 6.45) is 0. The van der Waals surface area contributed by atoms with Gasteiger partial charge < -0.3 is 9.07 Å². The largest absolute Gasteiger partial charge is 0.550 e. The van der Waals surface area contributed by atoms with Gasteiger partial charge in [0.05, 0.1) is 4.34 Å². The van der Waals surface area contributed by atoms with Crippen LogP contribution in [-0.2, 0) is 7.05 Å². The summed E-state index contributed by atoms with van der Waals surface area (Å²) in [5.41, 5.74) is -0.0309. The highest BCUT2D eigenvalue weighted by molar-refractivity contribution is 7.15. The predicted molar refractivity (Wildman–Crippen MR) is 45.8 cm³/mol. The molecule has 1 heterocycles. The molecule has 0 aliphatic heterocycles. The summed E-state index contributed by atoms with van der Waals surface area (Å²) in [4.78, 5) is 11.1. The third kappa shape index (κ3) is 1.51. The average Bonchev–Trinajstić information content (AvgIpc) is 2.09. The fraction of sp³-hybridized carbons (Fsp3) is 0.250. The molecule has 0 aliphatic rings. The molecule has 0 aliphatic carbocycles. The quantitative estimate of drug-likeness (QED) is 0.619. The standard InChI is InChI=1S/C4H3ClNOS.ClH.Mg/c1-6-4(7)2-3(5)8-6;;/h1H3;1H;/q;;+1/p-1. The molecule has 0 spiro atoms. The van der Waals surface area contributed by atoms with Crippen LogP contribution < -0.4 is 9.25 Å². The Morgan fingerprint density at radius 2 is 2.30 bits per heavy atom. The molecule has 0 aromatic carbocycles. The van der Waals surface area contributed by atoms with Gasteiger partial charge in [0.2, 0.25) is 5.56 Å². The SMILES string of the molecule is Cn1sc(Cl)[c]([Mg][Cl])c1=O. The molecule has 1 aromatic heterocycles. The van der Waals surface area contributed by atoms with Gasteiger partial charge in [0.1, 0.15) is 0 Å². The highest BCUT2D eigenvalue weighted by Gasteiger charge is 2.11. The van der Waals surface area contributed by atoms with E-state index in [1.54, 1.807) is 7.05 Å². The molecule has 1 rings (SSSR count). The summed E-state index contributed by atoms with van der Waals surface area (Å²) in [5, 5.41) is 0. The van der Waals surface area contributed by atoms with Gasteiger partial charge in [0, 0.05) is 7.05 Å². The normalized spacial score (nSPS) is 9.50. The van der Waals surface area contributed by atoms with E-state index in [1.807, 2.05) is 0 Å². The van der Waals surface area contributed by atoms with Gasteiger partial charge in [-0.25, -0.2) is 0 Å². The summed E-state index contributed by atoms with van der Waals surface area (Å²) < 4.78 is 2.68. The summed E-state index contributed by atoms with van der Waals surface area (Å²) in [6, 6.07) is 0. The Morgan fingerprint density at radius 3 is 2.50 bits per heavy atom. The van der Waals surface area contributed by atoms with Gasteiger partial charge in [-0.1, -0.05) is 15.3 Å². The number of hydrogen-bond acceptors (Lipinski definition) is 2. The van der Waals surface area contributed by atoms with E-state index in [2.05, 4.69) is 0 Å². The second kappa shape index (κ2) is 3.45. The third-order valence-corrected chi connectivity index (χ3v) is 4.62. The molecule has 0 N–H and O–H groups in total. The summed E-state index contributed by atoms with van der Waals surface area (Å²) in [7, 11) is 7.28. The van der Waals surface area contributed by atoms with E-state index in [0.717, 1.165) is 0 Å². The zero-order valence-corrected chi connectivity index (χ0v) is 8.97. The maximum absolute atomic E-state index is 11.1. The van der Waals surface area contributed by atoms with Crippen LogP contribution in [0.2, 0.25) is 4.34 Å². The van der Waals surface area contributed by atoms with Crippen molar-refractivity contribution in [1.29, 1.82) is 0 Å². The minimum atomic E-state index is -0.928. The monoisotopic (exact) mass is 207 g/mol. The van der Waals surface area contributed by atoms with E-state index in [1.165, 1.54) is 15.5 Å². The van der Waals surface area contributed by atoms with Crippen molar-refractivity contribution in [3.05, 3.63) is 14.7 Å². The van der Waals surface area contributed by atoms with Crippen molar-refractivity contribution in [2.75, 3.05) is 0 Å². The predicted octanol–water partition coefficient (Wildman–Crippen LogP) is 0.584. The molecule has 2 nitrogen and oxygen atoms in total. The summed E-state index contributed by atoms with van der Waals surface area (Å²) in [6.45, 7) is 0. The molecule has 10 heavy (non-hydrogen) atoms. The van der Waals surface area contributed by atoms with Crippen LogP contribution in [0.25, 0.3) is 0 Å². The Labute approximate surface area is 80.4 Å². The molecular formula is C4H3Cl2MgNOS. The maximum atomic E-state index is 11.1. The lowest BCUT2D eigenvalue weighted by molar-refractivity contribution is 0.987. The lowest BCUT2D eigenvalue weighted by atomic mass is 10.7. The Kier molecular flexibility index (Phi) is 3.06. The first-order valence-electron chi connectivity index (χ1n) is 2.57. The van der Waals surface area contributed by atoms with Crippen molar-refractivity contribution < 1.29 is 0 Å². The minimum absolute atomic E-state index is 0.0309. The van der Waals surface area contributed by atoms with Gasteiger partial charge in [0.25, 0.3) is 0 Å². The Morgan fingerprint density at radius 1 is 1.70 bits per heavy atom. The summed E-state index contributed by atoms with van der Waals surface area (Å²) >= 11 is 6.01. The van der Waals surface area contributed by atoms with Gasteiger partial charge >= 0.3 is 19.3 Å². The number of hydrogen-bond donors (Lipinski definition) is 0. The molecule has 0 unspecified atom stereocenters. The number of aromatic nitrogens is 1. The minimum Gasteiger partial charge on any atom is -0.335 e. The van der Waals surface area contributed by atoms with Crippen LogP contribution in [0.15, 0.2) is 4.79 Å². The lowest BCUT2D eigenvalue weighted by Crippen LogP contribution is -2.29. The van der Waals surface area contributed by atoms with E-state index in [-0.39, 0.29) is 5.56 Å². The van der Waals surface area contributed by atoms with E-state index in [9.17, 15) is 4.79 Å². The number of rotatable bonds is 1. The zero-order chi connectivity index (χ0) is 7.72. The number of halogens is 2. The van der Waals surface area contributed by atoms with Crippen molar-refractivity contribution >= 4 is 55.2 Å². The van der Waals surface area contributed by atoms with E-state index >= 15 is 0 Å². The molecule has 0 saturated heterocycles. The number of aryl methyl sites for hydroxylation is 1. The van der Waals surface area contributed by atoms with Crippen LogP contribution in [0.4, 0.5) is 0 Å². The molecule has 0 amide bonds. The van der Waals surface area contributed by atoms with Gasteiger partial charge in [-0.2, -0.15) is 0 Å². The van der Waals surface area contributed by atoms with Gasteiger partial charge in [-0.05, 0) is 11.5 Å². The topological polar surface area (TPSA) is 22.0 Å². The second-order valence-corrected chi connectivity index (χ2v) is 5.30. The van der Waals surface area contributed by atoms with E-state index in [0.29, 0.717) is 8.03 Å². The zero-order valence-electron chi connectivity index (χ0n) is 5.23. The molecule has 6 heteroatoms. The maximum Gasteiger partial charge on any atom is 0.550 e. The molecule has 1 aromatic rings. The molecular weight excluding hydrogens is 205 g/mol. The van der Waals surface area contributed by atoms with Crippen LogP contribution in [0.3, 0.4) is 0 Å². The number of nitrogens with zero attached hydrogens (tertiary/aromatic N) is 1. The molecule has 0 atom stereocenters. The fourth-order valence-corrected chi connectivity index (χ4v) is 3.99. The first kappa shape index (κ1) is 8.87. The molecule has 0 fully saturated rings. The fourth-order valence-electron chi connectivity index (χ4n) is 0.601. The average molecular weight is 208 g/mol. The Hall–Kier alpha value is 0.776. The molecule has 0 saturated carbocycles. The van der Waals surface area contributed by atoms with Gasteiger partial charge in [-0.15, -0.1) is 0 Å². The van der Waals surface area contributed by atoms with Crippen molar-refractivity contribution in [1.82, 2.24) is 3.96 Å². The van der Waals surface area contributed by atoms with Crippen LogP contribution in [0.1, 0.15) is 0 Å². The van der Waals surface area contributed by atoms with Gasteiger partial charge in [-0.3, -0.25) is 8.75 Å². The van der Waals surface area contributed by atoms with Crippen LogP contribution in [0.5, 0.6) is 0 Å². The Bertz CT molecular complexity index is 294. The lowest BCUT2D eigenvalue weighted by Gasteiger charge is -1.80. The highest BCUT2D eigenvalue weighted by Crippen LogP contribution is 2.08. The smallest absolute Gasteiger partial charge is 0.335 e. The van der Waals surface area contributed by atoms with Crippen molar-refractivity contribution in [3.63, 3.8) is 0 Å². The molecule has 52 valence electrons. The summed E-state index contributed by atoms with van der Waals surface area (Å²) in [5.74, 6) is 0. The van der Waals surface area contributed by atoms with Crippen LogP contribution in [0, 0.1) is 0 Å².